The summed E-state index contributed by atoms with van der Waals surface area (Å²) in [7, 11) is 0. The van der Waals surface area contributed by atoms with Crippen LogP contribution in [0.5, 0.6) is 0 Å². The molecule has 3 aromatic rings. The fourth-order valence-corrected chi connectivity index (χ4v) is 5.95. The average molecular weight is 442 g/mol. The molecule has 2 aromatic heterocycles. The van der Waals surface area contributed by atoms with E-state index >= 15 is 0 Å². The first-order valence-electron chi connectivity index (χ1n) is 10.6. The van der Waals surface area contributed by atoms with Gasteiger partial charge in [0.25, 0.3) is 5.56 Å². The van der Waals surface area contributed by atoms with Crippen molar-refractivity contribution >= 4 is 39.2 Å². The number of fused-ring (bicyclic) bond motifs is 1. The second-order valence-corrected chi connectivity index (χ2v) is 9.91. The molecule has 30 heavy (non-hydrogen) atoms. The van der Waals surface area contributed by atoms with Crippen molar-refractivity contribution in [3.63, 3.8) is 0 Å². The van der Waals surface area contributed by atoms with E-state index in [0.717, 1.165) is 28.8 Å². The molecule has 0 bridgehead atoms. The maximum atomic E-state index is 13.3. The first-order chi connectivity index (χ1) is 14.6. The molecule has 1 saturated carbocycles. The van der Waals surface area contributed by atoms with Gasteiger partial charge in [-0.15, -0.1) is 11.3 Å². The van der Waals surface area contributed by atoms with Crippen LogP contribution in [0.25, 0.3) is 21.3 Å². The lowest BCUT2D eigenvalue weighted by Gasteiger charge is -2.24. The van der Waals surface area contributed by atoms with E-state index in [0.29, 0.717) is 17.1 Å². The first kappa shape index (κ1) is 21.1. The number of carbonyl (C=O) groups excluding carboxylic acids is 1. The molecule has 5 nitrogen and oxygen atoms in total. The van der Waals surface area contributed by atoms with Crippen molar-refractivity contribution in [2.24, 2.45) is 0 Å². The maximum Gasteiger partial charge on any atom is 0.263 e. The lowest BCUT2D eigenvalue weighted by Crippen LogP contribution is -2.40. The van der Waals surface area contributed by atoms with Gasteiger partial charge >= 0.3 is 0 Å². The molecule has 0 saturated heterocycles. The van der Waals surface area contributed by atoms with Gasteiger partial charge in [-0.2, -0.15) is 0 Å². The summed E-state index contributed by atoms with van der Waals surface area (Å²) < 4.78 is 1.69. The normalized spacial score (nSPS) is 15.9. The Balaban J connectivity index is 1.61. The summed E-state index contributed by atoms with van der Waals surface area (Å²) in [4.78, 5) is 31.5. The van der Waals surface area contributed by atoms with E-state index < -0.39 is 0 Å². The number of hydrogen-bond acceptors (Lipinski definition) is 5. The number of carbonyl (C=O) groups is 1. The molecule has 0 aliphatic heterocycles. The van der Waals surface area contributed by atoms with Crippen LogP contribution in [0.2, 0.25) is 0 Å². The van der Waals surface area contributed by atoms with Gasteiger partial charge in [0.15, 0.2) is 5.16 Å². The molecule has 1 amide bonds. The highest BCUT2D eigenvalue weighted by molar-refractivity contribution is 8.00. The van der Waals surface area contributed by atoms with Crippen molar-refractivity contribution < 1.29 is 4.79 Å². The van der Waals surface area contributed by atoms with E-state index in [-0.39, 0.29) is 22.8 Å². The van der Waals surface area contributed by atoms with Gasteiger partial charge in [0.1, 0.15) is 4.83 Å². The van der Waals surface area contributed by atoms with Crippen molar-refractivity contribution in [2.75, 3.05) is 0 Å². The second kappa shape index (κ2) is 9.35. The molecule has 1 atom stereocenters. The SMILES string of the molecule is CCn1c(S[C@@H](C)C(=O)NC2CCCCC2)nc2scc(-c3ccccc3)c2c1=O. The molecule has 0 spiro atoms. The number of hydrogen-bond donors (Lipinski definition) is 1. The lowest BCUT2D eigenvalue weighted by atomic mass is 9.95. The predicted octanol–water partition coefficient (Wildman–Crippen LogP) is 5.07. The van der Waals surface area contributed by atoms with Crippen LogP contribution in [0.4, 0.5) is 0 Å². The van der Waals surface area contributed by atoms with Crippen molar-refractivity contribution in [1.29, 1.82) is 0 Å². The third kappa shape index (κ3) is 4.32. The summed E-state index contributed by atoms with van der Waals surface area (Å²) in [6.45, 7) is 4.36. The number of amides is 1. The molecule has 4 rings (SSSR count). The number of benzene rings is 1. The highest BCUT2D eigenvalue weighted by Crippen LogP contribution is 2.33. The topological polar surface area (TPSA) is 64.0 Å². The molecule has 2 heterocycles. The highest BCUT2D eigenvalue weighted by Gasteiger charge is 2.23. The molecule has 1 aromatic carbocycles. The molecule has 158 valence electrons. The van der Waals surface area contributed by atoms with E-state index in [4.69, 9.17) is 4.98 Å². The number of thioether (sulfide) groups is 1. The Morgan fingerprint density at radius 2 is 2.00 bits per heavy atom. The van der Waals surface area contributed by atoms with Crippen LogP contribution < -0.4 is 10.9 Å². The summed E-state index contributed by atoms with van der Waals surface area (Å²) >= 11 is 2.85. The summed E-state index contributed by atoms with van der Waals surface area (Å²) in [5.41, 5.74) is 1.91. The Bertz CT molecular complexity index is 1090. The molecule has 0 unspecified atom stereocenters. The number of rotatable bonds is 6. The smallest absolute Gasteiger partial charge is 0.263 e. The monoisotopic (exact) mass is 441 g/mol. The highest BCUT2D eigenvalue weighted by atomic mass is 32.2. The van der Waals surface area contributed by atoms with Gasteiger partial charge in [-0.25, -0.2) is 4.98 Å². The quantitative estimate of drug-likeness (QED) is 0.428. The minimum absolute atomic E-state index is 0.0278. The van der Waals surface area contributed by atoms with Crippen molar-refractivity contribution in [3.05, 3.63) is 46.1 Å². The van der Waals surface area contributed by atoms with Gasteiger partial charge in [-0.05, 0) is 32.3 Å². The van der Waals surface area contributed by atoms with Crippen molar-refractivity contribution in [1.82, 2.24) is 14.9 Å². The molecule has 7 heteroatoms. The van der Waals surface area contributed by atoms with E-state index in [1.54, 1.807) is 4.57 Å². The van der Waals surface area contributed by atoms with E-state index in [1.165, 1.54) is 42.4 Å². The third-order valence-corrected chi connectivity index (χ3v) is 7.63. The van der Waals surface area contributed by atoms with Crippen molar-refractivity contribution in [3.8, 4) is 11.1 Å². The summed E-state index contributed by atoms with van der Waals surface area (Å²) in [6.07, 6.45) is 5.74. The van der Waals surface area contributed by atoms with Gasteiger partial charge in [0, 0.05) is 23.5 Å². The fourth-order valence-electron chi connectivity index (χ4n) is 3.98. The van der Waals surface area contributed by atoms with Crippen LogP contribution in [-0.2, 0) is 11.3 Å². The fraction of sp³-hybridized carbons (Fsp3) is 0.435. The Morgan fingerprint density at radius 1 is 1.27 bits per heavy atom. The number of aromatic nitrogens is 2. The summed E-state index contributed by atoms with van der Waals surface area (Å²) in [6, 6.07) is 10.2. The van der Waals surface area contributed by atoms with Gasteiger partial charge in [-0.1, -0.05) is 61.4 Å². The third-order valence-electron chi connectivity index (χ3n) is 5.66. The summed E-state index contributed by atoms with van der Waals surface area (Å²) in [5, 5.41) is 6.16. The summed E-state index contributed by atoms with van der Waals surface area (Å²) in [5.74, 6) is 0.0278. The zero-order valence-electron chi connectivity index (χ0n) is 17.4. The molecule has 1 fully saturated rings. The second-order valence-electron chi connectivity index (χ2n) is 7.74. The average Bonchev–Trinajstić information content (AvgIpc) is 3.19. The first-order valence-corrected chi connectivity index (χ1v) is 12.4. The Kier molecular flexibility index (Phi) is 6.58. The van der Waals surface area contributed by atoms with Gasteiger partial charge in [0.05, 0.1) is 10.6 Å². The van der Waals surface area contributed by atoms with Gasteiger partial charge in [-0.3, -0.25) is 14.2 Å². The van der Waals surface area contributed by atoms with Crippen LogP contribution in [0, 0.1) is 0 Å². The lowest BCUT2D eigenvalue weighted by molar-refractivity contribution is -0.121. The zero-order valence-corrected chi connectivity index (χ0v) is 19.0. The van der Waals surface area contributed by atoms with Gasteiger partial charge in [0.2, 0.25) is 5.91 Å². The van der Waals surface area contributed by atoms with Crippen molar-refractivity contribution in [2.45, 2.75) is 68.9 Å². The van der Waals surface area contributed by atoms with E-state index in [1.807, 2.05) is 49.6 Å². The number of nitrogens with zero attached hydrogens (tertiary/aromatic N) is 2. The molecule has 1 aliphatic rings. The minimum atomic E-state index is -0.303. The largest absolute Gasteiger partial charge is 0.352 e. The molecular formula is C23H27N3O2S2. The van der Waals surface area contributed by atoms with E-state index in [2.05, 4.69) is 5.32 Å². The van der Waals surface area contributed by atoms with Crippen LogP contribution >= 0.6 is 23.1 Å². The maximum absolute atomic E-state index is 13.3. The molecule has 0 radical (unpaired) electrons. The van der Waals surface area contributed by atoms with Crippen LogP contribution in [-0.4, -0.2) is 26.8 Å². The van der Waals surface area contributed by atoms with Crippen LogP contribution in [0.15, 0.2) is 45.7 Å². The number of nitrogens with one attached hydrogen (secondary N) is 1. The van der Waals surface area contributed by atoms with E-state index in [9.17, 15) is 9.59 Å². The molecule has 1 N–H and O–H groups in total. The van der Waals surface area contributed by atoms with Crippen LogP contribution in [0.1, 0.15) is 46.0 Å². The standard InChI is InChI=1S/C23H27N3O2S2/c1-3-26-22(28)19-18(16-10-6-4-7-11-16)14-29-21(19)25-23(26)30-15(2)20(27)24-17-12-8-5-9-13-17/h4,6-7,10-11,14-15,17H,3,5,8-9,12-13H2,1-2H3,(H,24,27)/t15-/m0/s1. The molecule has 1 aliphatic carbocycles. The minimum Gasteiger partial charge on any atom is -0.352 e. The Labute approximate surface area is 184 Å². The zero-order chi connectivity index (χ0) is 21.1. The van der Waals surface area contributed by atoms with Gasteiger partial charge < -0.3 is 5.32 Å². The predicted molar refractivity (Wildman–Crippen MR) is 125 cm³/mol. The Morgan fingerprint density at radius 3 is 2.70 bits per heavy atom. The number of thiophene rings is 1. The molecular weight excluding hydrogens is 414 g/mol. The Hall–Kier alpha value is -2.12. The van der Waals surface area contributed by atoms with Crippen LogP contribution in [0.3, 0.4) is 0 Å².